The van der Waals surface area contributed by atoms with Crippen LogP contribution in [0.4, 0.5) is 0 Å². The number of aryl methyl sites for hydroxylation is 1. The van der Waals surface area contributed by atoms with Crippen molar-refractivity contribution in [3.05, 3.63) is 77.0 Å². The van der Waals surface area contributed by atoms with Gasteiger partial charge in [0.05, 0.1) is 35.5 Å². The first-order valence-electron chi connectivity index (χ1n) is 12.9. The Labute approximate surface area is 225 Å². The number of hydrogen-bond donors (Lipinski definition) is 2. The largest absolute Gasteiger partial charge is 0.461 e. The fourth-order valence-electron chi connectivity index (χ4n) is 5.17. The number of carbonyl (C=O) groups excluding carboxylic acids is 1. The zero-order valence-electron chi connectivity index (χ0n) is 21.2. The van der Waals surface area contributed by atoms with E-state index in [9.17, 15) is 4.79 Å². The number of carbonyl (C=O) groups is 1. The lowest BCUT2D eigenvalue weighted by Crippen LogP contribution is -2.30. The molecule has 3 N–H and O–H groups in total. The average molecular weight is 524 g/mol. The molecular weight excluding hydrogens is 494 g/mol. The number of rotatable bonds is 6. The lowest BCUT2D eigenvalue weighted by Gasteiger charge is -2.25. The summed E-state index contributed by atoms with van der Waals surface area (Å²) in [5.74, 6) is 0.0880. The quantitative estimate of drug-likeness (QED) is 0.250. The Morgan fingerprint density at radius 3 is 2.87 bits per heavy atom. The molecule has 1 fully saturated rings. The minimum absolute atomic E-state index is 0.223. The topological polar surface area (TPSA) is 107 Å². The van der Waals surface area contributed by atoms with Gasteiger partial charge in [-0.05, 0) is 79.4 Å². The molecule has 0 aliphatic heterocycles. The van der Waals surface area contributed by atoms with E-state index in [-0.39, 0.29) is 12.0 Å². The number of aromatic amines is 1. The van der Waals surface area contributed by atoms with E-state index in [4.69, 9.17) is 10.5 Å². The number of nitrogens with zero attached hydrogens (tertiary/aromatic N) is 3. The van der Waals surface area contributed by atoms with Gasteiger partial charge in [-0.1, -0.05) is 18.6 Å². The second-order valence-corrected chi connectivity index (χ2v) is 10.9. The van der Waals surface area contributed by atoms with Gasteiger partial charge in [0.15, 0.2) is 0 Å². The molecule has 0 spiro atoms. The molecule has 192 valence electrons. The summed E-state index contributed by atoms with van der Waals surface area (Å²) in [6.45, 7) is 2.41. The molecule has 8 heteroatoms. The first-order valence-corrected chi connectivity index (χ1v) is 13.8. The summed E-state index contributed by atoms with van der Waals surface area (Å²) in [6, 6.07) is 16.3. The Bertz CT molecular complexity index is 1610. The van der Waals surface area contributed by atoms with Crippen LogP contribution in [0.2, 0.25) is 0 Å². The van der Waals surface area contributed by atoms with Crippen molar-refractivity contribution in [2.24, 2.45) is 11.7 Å². The highest BCUT2D eigenvalue weighted by atomic mass is 32.1. The van der Waals surface area contributed by atoms with Gasteiger partial charge in [0, 0.05) is 34.4 Å². The molecule has 2 unspecified atom stereocenters. The van der Waals surface area contributed by atoms with Gasteiger partial charge < -0.3 is 15.5 Å². The zero-order chi connectivity index (χ0) is 26.1. The van der Waals surface area contributed by atoms with Crippen molar-refractivity contribution in [1.82, 2.24) is 19.9 Å². The van der Waals surface area contributed by atoms with Crippen LogP contribution in [-0.2, 0) is 4.74 Å². The number of aromatic nitrogens is 4. The molecule has 1 saturated carbocycles. The first-order chi connectivity index (χ1) is 18.5. The van der Waals surface area contributed by atoms with Gasteiger partial charge in [0.1, 0.15) is 4.88 Å². The van der Waals surface area contributed by atoms with Crippen molar-refractivity contribution in [2.75, 3.05) is 6.61 Å². The monoisotopic (exact) mass is 523 g/mol. The van der Waals surface area contributed by atoms with Gasteiger partial charge in [-0.2, -0.15) is 0 Å². The van der Waals surface area contributed by atoms with E-state index in [0.29, 0.717) is 17.4 Å². The van der Waals surface area contributed by atoms with E-state index in [2.05, 4.69) is 32.1 Å². The highest BCUT2D eigenvalue weighted by Gasteiger charge is 2.21. The molecule has 2 atom stereocenters. The van der Waals surface area contributed by atoms with Crippen LogP contribution in [-0.4, -0.2) is 38.6 Å². The second kappa shape index (κ2) is 10.5. The van der Waals surface area contributed by atoms with Crippen LogP contribution in [0.5, 0.6) is 0 Å². The maximum atomic E-state index is 12.7. The number of hydrogen-bond acceptors (Lipinski definition) is 7. The minimum atomic E-state index is -0.271. The number of thiophene rings is 1. The van der Waals surface area contributed by atoms with Gasteiger partial charge in [-0.15, -0.1) is 11.3 Å². The third-order valence-corrected chi connectivity index (χ3v) is 8.06. The van der Waals surface area contributed by atoms with Gasteiger partial charge in [-0.3, -0.25) is 9.97 Å². The summed E-state index contributed by atoms with van der Waals surface area (Å²) in [6.07, 6.45) is 7.71. The van der Waals surface area contributed by atoms with Crippen molar-refractivity contribution in [2.45, 2.75) is 38.6 Å². The smallest absolute Gasteiger partial charge is 0.348 e. The van der Waals surface area contributed by atoms with Crippen molar-refractivity contribution < 1.29 is 9.53 Å². The predicted molar refractivity (Wildman–Crippen MR) is 151 cm³/mol. The van der Waals surface area contributed by atoms with Crippen LogP contribution < -0.4 is 5.73 Å². The molecule has 0 saturated heterocycles. The molecule has 4 aromatic heterocycles. The van der Waals surface area contributed by atoms with Crippen molar-refractivity contribution in [3.8, 4) is 33.8 Å². The number of fused-ring (bicyclic) bond motifs is 1. The number of nitrogens with one attached hydrogen (secondary N) is 1. The van der Waals surface area contributed by atoms with Crippen LogP contribution in [0.1, 0.15) is 41.0 Å². The van der Waals surface area contributed by atoms with Crippen LogP contribution in [0.3, 0.4) is 0 Å². The van der Waals surface area contributed by atoms with Gasteiger partial charge in [0.2, 0.25) is 0 Å². The van der Waals surface area contributed by atoms with E-state index in [0.717, 1.165) is 76.1 Å². The number of esters is 1. The molecule has 1 aromatic carbocycles. The van der Waals surface area contributed by atoms with E-state index in [1.54, 1.807) is 6.33 Å². The summed E-state index contributed by atoms with van der Waals surface area (Å²) in [7, 11) is 0. The summed E-state index contributed by atoms with van der Waals surface area (Å²) in [5, 5.41) is 2.98. The number of H-pyrrole nitrogens is 1. The fraction of sp³-hybridized carbons (Fsp3) is 0.267. The van der Waals surface area contributed by atoms with Crippen molar-refractivity contribution in [1.29, 1.82) is 0 Å². The normalized spacial score (nSPS) is 17.5. The molecule has 4 heterocycles. The molecule has 1 aliphatic rings. The molecule has 6 rings (SSSR count). The number of imidazole rings is 1. The Morgan fingerprint density at radius 1 is 1.11 bits per heavy atom. The highest BCUT2D eigenvalue weighted by molar-refractivity contribution is 7.12. The molecular formula is C30H29N5O2S. The van der Waals surface area contributed by atoms with Crippen LogP contribution in [0, 0.1) is 12.8 Å². The summed E-state index contributed by atoms with van der Waals surface area (Å²) in [5.41, 5.74) is 13.4. The van der Waals surface area contributed by atoms with Gasteiger partial charge >= 0.3 is 5.97 Å². The SMILES string of the molecule is Cc1cccc(-c2[nH]cnc2-c2ccc3ncc(-c4csc(C(=O)OCC5CCCC(N)C5)c4)cc3c2)n1. The van der Waals surface area contributed by atoms with Gasteiger partial charge in [-0.25, -0.2) is 9.78 Å². The molecule has 0 bridgehead atoms. The number of pyridine rings is 2. The molecule has 0 radical (unpaired) electrons. The molecule has 5 aromatic rings. The highest BCUT2D eigenvalue weighted by Crippen LogP contribution is 2.33. The van der Waals surface area contributed by atoms with E-state index < -0.39 is 0 Å². The Hall–Kier alpha value is -3.88. The second-order valence-electron chi connectivity index (χ2n) is 10.0. The number of benzene rings is 1. The average Bonchev–Trinajstić information content (AvgIpc) is 3.62. The lowest BCUT2D eigenvalue weighted by molar-refractivity contribution is 0.0408. The standard InChI is InChI=1S/C30H29N5O2S/c1-18-4-2-7-26(35-18)29-28(33-17-34-29)20-8-9-25-21(11-20)12-22(14-32-25)23-13-27(38-16-23)30(36)37-15-19-5-3-6-24(31)10-19/h2,4,7-9,11-14,16-17,19,24H,3,5-6,10,15,31H2,1H3,(H,33,34). The zero-order valence-corrected chi connectivity index (χ0v) is 22.0. The van der Waals surface area contributed by atoms with E-state index in [1.807, 2.05) is 54.9 Å². The van der Waals surface area contributed by atoms with Crippen molar-refractivity contribution in [3.63, 3.8) is 0 Å². The van der Waals surface area contributed by atoms with Crippen LogP contribution >= 0.6 is 11.3 Å². The van der Waals surface area contributed by atoms with E-state index >= 15 is 0 Å². The third-order valence-electron chi connectivity index (χ3n) is 7.15. The lowest BCUT2D eigenvalue weighted by atomic mass is 9.87. The maximum Gasteiger partial charge on any atom is 0.348 e. The number of nitrogens with two attached hydrogens (primary N) is 1. The van der Waals surface area contributed by atoms with Crippen molar-refractivity contribution >= 4 is 28.2 Å². The van der Waals surface area contributed by atoms with E-state index in [1.165, 1.54) is 11.3 Å². The van der Waals surface area contributed by atoms with Gasteiger partial charge in [0.25, 0.3) is 0 Å². The fourth-order valence-corrected chi connectivity index (χ4v) is 5.98. The summed E-state index contributed by atoms with van der Waals surface area (Å²) >= 11 is 1.40. The summed E-state index contributed by atoms with van der Waals surface area (Å²) < 4.78 is 5.63. The minimum Gasteiger partial charge on any atom is -0.461 e. The molecule has 1 aliphatic carbocycles. The Kier molecular flexibility index (Phi) is 6.74. The Morgan fingerprint density at radius 2 is 2.00 bits per heavy atom. The van der Waals surface area contributed by atoms with Crippen LogP contribution in [0.15, 0.2) is 66.4 Å². The first kappa shape index (κ1) is 24.5. The summed E-state index contributed by atoms with van der Waals surface area (Å²) in [4.78, 5) is 30.4. The Balaban J connectivity index is 1.23. The van der Waals surface area contributed by atoms with Crippen LogP contribution in [0.25, 0.3) is 44.7 Å². The number of ether oxygens (including phenoxy) is 1. The predicted octanol–water partition coefficient (Wildman–Crippen LogP) is 6.40. The molecule has 7 nitrogen and oxygen atoms in total. The molecule has 0 amide bonds. The molecule has 38 heavy (non-hydrogen) atoms. The maximum absolute atomic E-state index is 12.7. The third kappa shape index (κ3) is 5.10.